The van der Waals surface area contributed by atoms with Crippen LogP contribution in [0.3, 0.4) is 0 Å². The summed E-state index contributed by atoms with van der Waals surface area (Å²) in [5.41, 5.74) is 4.10. The lowest BCUT2D eigenvalue weighted by atomic mass is 10.0. The van der Waals surface area contributed by atoms with Crippen LogP contribution in [0.25, 0.3) is 10.9 Å². The van der Waals surface area contributed by atoms with E-state index in [4.69, 9.17) is 0 Å². The number of nitrogens with zero attached hydrogens (tertiary/aromatic N) is 2. The van der Waals surface area contributed by atoms with Gasteiger partial charge in [0, 0.05) is 12.1 Å². The fourth-order valence-electron chi connectivity index (χ4n) is 3.73. The first-order chi connectivity index (χ1) is 13.7. The SMILES string of the molecule is CCCCn1c(SCC(=O)c2ccc3c(c2)CCC3)nc2ccccc2c1=O. The predicted molar refractivity (Wildman–Crippen MR) is 114 cm³/mol. The third-order valence-corrected chi connectivity index (χ3v) is 6.29. The number of aryl methyl sites for hydroxylation is 2. The first kappa shape index (κ1) is 18.9. The Balaban J connectivity index is 1.59. The number of rotatable bonds is 7. The van der Waals surface area contributed by atoms with Crippen LogP contribution in [0.1, 0.15) is 47.7 Å². The van der Waals surface area contributed by atoms with E-state index in [2.05, 4.69) is 18.0 Å². The first-order valence-corrected chi connectivity index (χ1v) is 10.9. The van der Waals surface area contributed by atoms with Crippen molar-refractivity contribution in [2.75, 3.05) is 5.75 Å². The lowest BCUT2D eigenvalue weighted by Crippen LogP contribution is -2.24. The van der Waals surface area contributed by atoms with E-state index >= 15 is 0 Å². The Hall–Kier alpha value is -2.40. The highest BCUT2D eigenvalue weighted by Crippen LogP contribution is 2.25. The van der Waals surface area contributed by atoms with Crippen molar-refractivity contribution in [3.05, 3.63) is 69.5 Å². The van der Waals surface area contributed by atoms with Crippen molar-refractivity contribution in [1.82, 2.24) is 9.55 Å². The summed E-state index contributed by atoms with van der Waals surface area (Å²) in [5.74, 6) is 0.375. The van der Waals surface area contributed by atoms with Gasteiger partial charge in [0.25, 0.3) is 5.56 Å². The second-order valence-electron chi connectivity index (χ2n) is 7.27. The lowest BCUT2D eigenvalue weighted by molar-refractivity contribution is 0.102. The van der Waals surface area contributed by atoms with Crippen LogP contribution in [0.2, 0.25) is 0 Å². The summed E-state index contributed by atoms with van der Waals surface area (Å²) in [5, 5.41) is 1.26. The molecule has 2 aromatic carbocycles. The fourth-order valence-corrected chi connectivity index (χ4v) is 4.65. The Morgan fingerprint density at radius 2 is 1.96 bits per heavy atom. The molecule has 1 heterocycles. The Labute approximate surface area is 169 Å². The molecule has 0 saturated heterocycles. The van der Waals surface area contributed by atoms with E-state index in [-0.39, 0.29) is 17.1 Å². The molecule has 0 amide bonds. The minimum Gasteiger partial charge on any atom is -0.293 e. The predicted octanol–water partition coefficient (Wildman–Crippen LogP) is 4.66. The average Bonchev–Trinajstić information content (AvgIpc) is 3.19. The molecular formula is C23H24N2O2S. The summed E-state index contributed by atoms with van der Waals surface area (Å²) in [7, 11) is 0. The maximum Gasteiger partial charge on any atom is 0.262 e. The highest BCUT2D eigenvalue weighted by molar-refractivity contribution is 7.99. The Bertz CT molecular complexity index is 1090. The molecule has 1 aliphatic rings. The summed E-state index contributed by atoms with van der Waals surface area (Å²) in [6.07, 6.45) is 5.26. The minimum absolute atomic E-state index is 0.0217. The normalized spacial score (nSPS) is 13.0. The van der Waals surface area contributed by atoms with Crippen LogP contribution in [-0.4, -0.2) is 21.1 Å². The molecule has 4 nitrogen and oxygen atoms in total. The lowest BCUT2D eigenvalue weighted by Gasteiger charge is -2.12. The molecule has 1 aromatic heterocycles. The van der Waals surface area contributed by atoms with Gasteiger partial charge in [-0.25, -0.2) is 4.98 Å². The van der Waals surface area contributed by atoms with Gasteiger partial charge in [-0.1, -0.05) is 49.4 Å². The molecule has 0 radical (unpaired) electrons. The topological polar surface area (TPSA) is 52.0 Å². The van der Waals surface area contributed by atoms with Crippen LogP contribution in [0.15, 0.2) is 52.4 Å². The van der Waals surface area contributed by atoms with Gasteiger partial charge in [-0.15, -0.1) is 0 Å². The molecule has 0 unspecified atom stereocenters. The van der Waals surface area contributed by atoms with Crippen LogP contribution in [0.4, 0.5) is 0 Å². The van der Waals surface area contributed by atoms with Crippen molar-refractivity contribution in [3.63, 3.8) is 0 Å². The van der Waals surface area contributed by atoms with E-state index in [9.17, 15) is 9.59 Å². The van der Waals surface area contributed by atoms with Gasteiger partial charge in [0.05, 0.1) is 16.7 Å². The van der Waals surface area contributed by atoms with Crippen LogP contribution in [-0.2, 0) is 19.4 Å². The number of hydrogen-bond acceptors (Lipinski definition) is 4. The molecule has 0 atom stereocenters. The number of carbonyl (C=O) groups is 1. The van der Waals surface area contributed by atoms with Crippen molar-refractivity contribution < 1.29 is 4.79 Å². The van der Waals surface area contributed by atoms with Crippen molar-refractivity contribution in [3.8, 4) is 0 Å². The van der Waals surface area contributed by atoms with Crippen molar-refractivity contribution in [1.29, 1.82) is 0 Å². The Morgan fingerprint density at radius 3 is 2.82 bits per heavy atom. The van der Waals surface area contributed by atoms with Gasteiger partial charge >= 0.3 is 0 Å². The third kappa shape index (κ3) is 3.76. The third-order valence-electron chi connectivity index (χ3n) is 5.31. The zero-order valence-corrected chi connectivity index (χ0v) is 16.9. The molecule has 28 heavy (non-hydrogen) atoms. The van der Waals surface area contributed by atoms with Gasteiger partial charge in [0.2, 0.25) is 0 Å². The number of para-hydroxylation sites is 1. The second kappa shape index (κ2) is 8.31. The standard InChI is InChI=1S/C23H24N2O2S/c1-2-3-13-25-22(27)19-9-4-5-10-20(19)24-23(25)28-15-21(26)18-12-11-16-7-6-8-17(16)14-18/h4-5,9-12,14H,2-3,6-8,13,15H2,1H3. The van der Waals surface area contributed by atoms with Gasteiger partial charge in [0.15, 0.2) is 10.9 Å². The Kier molecular flexibility index (Phi) is 5.62. The number of aromatic nitrogens is 2. The molecule has 0 fully saturated rings. The second-order valence-corrected chi connectivity index (χ2v) is 8.21. The Morgan fingerprint density at radius 1 is 1.14 bits per heavy atom. The first-order valence-electron chi connectivity index (χ1n) is 9.94. The van der Waals surface area contributed by atoms with E-state index in [0.29, 0.717) is 22.6 Å². The summed E-state index contributed by atoms with van der Waals surface area (Å²) in [6, 6.07) is 13.5. The van der Waals surface area contributed by atoms with Gasteiger partial charge < -0.3 is 0 Å². The molecule has 4 rings (SSSR count). The van der Waals surface area contributed by atoms with E-state index in [1.165, 1.54) is 29.3 Å². The summed E-state index contributed by atoms with van der Waals surface area (Å²) >= 11 is 1.37. The molecule has 1 aliphatic carbocycles. The zero-order valence-electron chi connectivity index (χ0n) is 16.1. The summed E-state index contributed by atoms with van der Waals surface area (Å²) in [4.78, 5) is 30.4. The van der Waals surface area contributed by atoms with Crippen molar-refractivity contribution in [2.45, 2.75) is 50.7 Å². The maximum absolute atomic E-state index is 12.9. The maximum atomic E-state index is 12.9. The number of unbranched alkanes of at least 4 members (excludes halogenated alkanes) is 1. The molecule has 0 N–H and O–H groups in total. The van der Waals surface area contributed by atoms with Gasteiger partial charge in [-0.2, -0.15) is 0 Å². The minimum atomic E-state index is -0.0217. The summed E-state index contributed by atoms with van der Waals surface area (Å²) in [6.45, 7) is 2.73. The molecule has 5 heteroatoms. The summed E-state index contributed by atoms with van der Waals surface area (Å²) < 4.78 is 1.73. The van der Waals surface area contributed by atoms with Gasteiger partial charge in [0.1, 0.15) is 0 Å². The molecule has 0 saturated carbocycles. The number of carbonyl (C=O) groups excluding carboxylic acids is 1. The number of benzene rings is 2. The highest BCUT2D eigenvalue weighted by Gasteiger charge is 2.16. The van der Waals surface area contributed by atoms with Crippen molar-refractivity contribution in [2.24, 2.45) is 0 Å². The van der Waals surface area contributed by atoms with E-state index in [0.717, 1.165) is 31.2 Å². The number of fused-ring (bicyclic) bond motifs is 2. The van der Waals surface area contributed by atoms with Crippen LogP contribution in [0.5, 0.6) is 0 Å². The zero-order chi connectivity index (χ0) is 19.5. The van der Waals surface area contributed by atoms with Crippen LogP contribution < -0.4 is 5.56 Å². The number of hydrogen-bond donors (Lipinski definition) is 0. The number of Topliss-reactive ketones (excluding diaryl/α,β-unsaturated/α-hetero) is 1. The van der Waals surface area contributed by atoms with E-state index in [1.54, 1.807) is 4.57 Å². The number of ketones is 1. The largest absolute Gasteiger partial charge is 0.293 e. The smallest absolute Gasteiger partial charge is 0.262 e. The quantitative estimate of drug-likeness (QED) is 0.333. The highest BCUT2D eigenvalue weighted by atomic mass is 32.2. The van der Waals surface area contributed by atoms with E-state index < -0.39 is 0 Å². The molecule has 144 valence electrons. The molecule has 0 bridgehead atoms. The van der Waals surface area contributed by atoms with Gasteiger partial charge in [-0.05, 0) is 55.0 Å². The van der Waals surface area contributed by atoms with Crippen LogP contribution in [0, 0.1) is 0 Å². The monoisotopic (exact) mass is 392 g/mol. The average molecular weight is 393 g/mol. The van der Waals surface area contributed by atoms with Crippen LogP contribution >= 0.6 is 11.8 Å². The molecular weight excluding hydrogens is 368 g/mol. The molecule has 0 aliphatic heterocycles. The van der Waals surface area contributed by atoms with Crippen molar-refractivity contribution >= 4 is 28.4 Å². The molecule has 0 spiro atoms. The number of thioether (sulfide) groups is 1. The molecule has 3 aromatic rings. The fraction of sp³-hybridized carbons (Fsp3) is 0.348. The van der Waals surface area contributed by atoms with Gasteiger partial charge in [-0.3, -0.25) is 14.2 Å². The van der Waals surface area contributed by atoms with E-state index in [1.807, 2.05) is 36.4 Å².